The van der Waals surface area contributed by atoms with E-state index >= 15 is 0 Å². The van der Waals surface area contributed by atoms with Gasteiger partial charge >= 0.3 is 0 Å². The number of para-hydroxylation sites is 1. The number of nitrogens with zero attached hydrogens (tertiary/aromatic N) is 3. The Morgan fingerprint density at radius 2 is 1.71 bits per heavy atom. The lowest BCUT2D eigenvalue weighted by Crippen LogP contribution is -2.26. The van der Waals surface area contributed by atoms with E-state index in [0.717, 1.165) is 16.9 Å². The molecule has 1 N–H and O–H groups in total. The second-order valence-corrected chi connectivity index (χ2v) is 5.49. The molecule has 3 rings (SSSR count). The molecule has 0 fully saturated rings. The van der Waals surface area contributed by atoms with Crippen molar-refractivity contribution in [1.29, 1.82) is 0 Å². The minimum Gasteiger partial charge on any atom is -0.324 e. The highest BCUT2D eigenvalue weighted by atomic mass is 16.2. The molecule has 0 radical (unpaired) electrons. The van der Waals surface area contributed by atoms with E-state index < -0.39 is 0 Å². The van der Waals surface area contributed by atoms with Gasteiger partial charge in [0.05, 0.1) is 5.56 Å². The van der Waals surface area contributed by atoms with E-state index in [2.05, 4.69) is 15.3 Å². The molecule has 0 atom stereocenters. The molecule has 2 aromatic carbocycles. The molecule has 0 bridgehead atoms. The van der Waals surface area contributed by atoms with Crippen LogP contribution in [0.4, 0.5) is 17.3 Å². The quantitative estimate of drug-likeness (QED) is 0.795. The fourth-order valence-electron chi connectivity index (χ4n) is 2.32. The number of anilines is 3. The molecule has 3 aromatic rings. The first-order valence-electron chi connectivity index (χ1n) is 7.62. The first kappa shape index (κ1) is 15.7. The Bertz CT molecular complexity index is 832. The Balaban J connectivity index is 1.73. The predicted molar refractivity (Wildman–Crippen MR) is 95.7 cm³/mol. The van der Waals surface area contributed by atoms with Crippen LogP contribution in [0.25, 0.3) is 0 Å². The van der Waals surface area contributed by atoms with E-state index in [-0.39, 0.29) is 5.91 Å². The highest BCUT2D eigenvalue weighted by Gasteiger charge is 2.14. The predicted octanol–water partition coefficient (Wildman–Crippen LogP) is 3.81. The average molecular weight is 318 g/mol. The third-order valence-corrected chi connectivity index (χ3v) is 3.62. The smallest absolute Gasteiger partial charge is 0.261 e. The minimum absolute atomic E-state index is 0.150. The van der Waals surface area contributed by atoms with Gasteiger partial charge in [0, 0.05) is 30.8 Å². The number of carbonyl (C=O) groups excluding carboxylic acids is 1. The van der Waals surface area contributed by atoms with Gasteiger partial charge in [0.15, 0.2) is 0 Å². The summed E-state index contributed by atoms with van der Waals surface area (Å²) in [5.74, 6) is 0.308. The molecule has 24 heavy (non-hydrogen) atoms. The monoisotopic (exact) mass is 318 g/mol. The molecule has 0 saturated heterocycles. The van der Waals surface area contributed by atoms with Gasteiger partial charge in [-0.05, 0) is 36.8 Å². The van der Waals surface area contributed by atoms with Crippen molar-refractivity contribution in [3.63, 3.8) is 0 Å². The lowest BCUT2D eigenvalue weighted by molar-refractivity contribution is 0.0992. The van der Waals surface area contributed by atoms with Crippen molar-refractivity contribution in [3.05, 3.63) is 78.1 Å². The largest absolute Gasteiger partial charge is 0.324 e. The van der Waals surface area contributed by atoms with Gasteiger partial charge in [-0.25, -0.2) is 9.97 Å². The third-order valence-electron chi connectivity index (χ3n) is 3.62. The summed E-state index contributed by atoms with van der Waals surface area (Å²) < 4.78 is 0. The Kier molecular flexibility index (Phi) is 4.52. The zero-order valence-electron chi connectivity index (χ0n) is 13.6. The minimum atomic E-state index is -0.150. The topological polar surface area (TPSA) is 58.1 Å². The summed E-state index contributed by atoms with van der Waals surface area (Å²) in [7, 11) is 1.73. The molecular formula is C19H18N4O. The Labute approximate surface area is 141 Å². The van der Waals surface area contributed by atoms with Crippen molar-refractivity contribution in [2.45, 2.75) is 6.92 Å². The fourth-order valence-corrected chi connectivity index (χ4v) is 2.32. The van der Waals surface area contributed by atoms with Crippen LogP contribution in [0.3, 0.4) is 0 Å². The van der Waals surface area contributed by atoms with Crippen LogP contribution in [0.1, 0.15) is 15.9 Å². The Morgan fingerprint density at radius 3 is 2.38 bits per heavy atom. The van der Waals surface area contributed by atoms with Gasteiger partial charge < -0.3 is 10.2 Å². The summed E-state index contributed by atoms with van der Waals surface area (Å²) in [4.78, 5) is 22.5. The van der Waals surface area contributed by atoms with E-state index in [4.69, 9.17) is 0 Å². The van der Waals surface area contributed by atoms with Gasteiger partial charge in [-0.3, -0.25) is 4.79 Å². The number of aromatic nitrogens is 2. The molecule has 1 heterocycles. The van der Waals surface area contributed by atoms with Crippen LogP contribution in [0, 0.1) is 6.92 Å². The summed E-state index contributed by atoms with van der Waals surface area (Å²) in [6.45, 7) is 2.02. The number of rotatable bonds is 4. The van der Waals surface area contributed by atoms with Crippen molar-refractivity contribution < 1.29 is 4.79 Å². The van der Waals surface area contributed by atoms with E-state index in [9.17, 15) is 4.79 Å². The second kappa shape index (κ2) is 6.91. The van der Waals surface area contributed by atoms with Crippen LogP contribution in [0.15, 0.2) is 67.0 Å². The lowest BCUT2D eigenvalue weighted by atomic mass is 10.2. The molecule has 0 aliphatic carbocycles. The number of benzene rings is 2. The SMILES string of the molecule is Cc1cccc(Nc2ncc(C(=O)N(C)c3ccccc3)cn2)c1. The molecule has 5 nitrogen and oxygen atoms in total. The van der Waals surface area contributed by atoms with Crippen molar-refractivity contribution >= 4 is 23.2 Å². The van der Waals surface area contributed by atoms with Crippen molar-refractivity contribution in [2.24, 2.45) is 0 Å². The summed E-state index contributed by atoms with van der Waals surface area (Å²) >= 11 is 0. The zero-order chi connectivity index (χ0) is 16.9. The van der Waals surface area contributed by atoms with E-state index in [0.29, 0.717) is 11.5 Å². The number of amides is 1. The lowest BCUT2D eigenvalue weighted by Gasteiger charge is -2.17. The number of hydrogen-bond acceptors (Lipinski definition) is 4. The average Bonchev–Trinajstić information content (AvgIpc) is 2.62. The Hall–Kier alpha value is -3.21. The normalized spacial score (nSPS) is 10.2. The van der Waals surface area contributed by atoms with Crippen LogP contribution < -0.4 is 10.2 Å². The third kappa shape index (κ3) is 3.57. The Morgan fingerprint density at radius 1 is 1.00 bits per heavy atom. The number of aryl methyl sites for hydroxylation is 1. The van der Waals surface area contributed by atoms with Crippen LogP contribution >= 0.6 is 0 Å². The van der Waals surface area contributed by atoms with Crippen LogP contribution in [0.2, 0.25) is 0 Å². The zero-order valence-corrected chi connectivity index (χ0v) is 13.6. The molecule has 0 aliphatic rings. The maximum Gasteiger partial charge on any atom is 0.261 e. The van der Waals surface area contributed by atoms with Crippen LogP contribution in [0.5, 0.6) is 0 Å². The molecule has 1 amide bonds. The highest BCUT2D eigenvalue weighted by molar-refractivity contribution is 6.05. The highest BCUT2D eigenvalue weighted by Crippen LogP contribution is 2.16. The molecule has 1 aromatic heterocycles. The summed E-state index contributed by atoms with van der Waals surface area (Å²) in [6.07, 6.45) is 3.07. The van der Waals surface area contributed by atoms with E-state index in [1.165, 1.54) is 12.4 Å². The summed E-state index contributed by atoms with van der Waals surface area (Å²) in [5.41, 5.74) is 3.33. The molecule has 0 unspecified atom stereocenters. The molecular weight excluding hydrogens is 300 g/mol. The van der Waals surface area contributed by atoms with Crippen LogP contribution in [-0.4, -0.2) is 22.9 Å². The van der Waals surface area contributed by atoms with Gasteiger partial charge in [0.2, 0.25) is 5.95 Å². The van der Waals surface area contributed by atoms with Crippen molar-refractivity contribution in [2.75, 3.05) is 17.3 Å². The van der Waals surface area contributed by atoms with Gasteiger partial charge in [-0.2, -0.15) is 0 Å². The fraction of sp³-hybridized carbons (Fsp3) is 0.105. The standard InChI is InChI=1S/C19H18N4O/c1-14-7-6-8-16(11-14)22-19-20-12-15(13-21-19)18(24)23(2)17-9-4-3-5-10-17/h3-13H,1-2H3,(H,20,21,22). The van der Waals surface area contributed by atoms with Gasteiger partial charge in [-0.1, -0.05) is 30.3 Å². The number of carbonyl (C=O) groups is 1. The van der Waals surface area contributed by atoms with E-state index in [1.54, 1.807) is 11.9 Å². The summed E-state index contributed by atoms with van der Waals surface area (Å²) in [6, 6.07) is 17.4. The molecule has 0 saturated carbocycles. The van der Waals surface area contributed by atoms with Crippen molar-refractivity contribution in [3.8, 4) is 0 Å². The summed E-state index contributed by atoms with van der Waals surface area (Å²) in [5, 5.41) is 3.12. The van der Waals surface area contributed by atoms with Crippen LogP contribution in [-0.2, 0) is 0 Å². The maximum absolute atomic E-state index is 12.5. The molecule has 0 aliphatic heterocycles. The first-order valence-corrected chi connectivity index (χ1v) is 7.62. The molecule has 5 heteroatoms. The van der Waals surface area contributed by atoms with Crippen molar-refractivity contribution in [1.82, 2.24) is 9.97 Å². The second-order valence-electron chi connectivity index (χ2n) is 5.49. The van der Waals surface area contributed by atoms with Gasteiger partial charge in [0.25, 0.3) is 5.91 Å². The molecule has 0 spiro atoms. The van der Waals surface area contributed by atoms with Gasteiger partial charge in [-0.15, -0.1) is 0 Å². The number of nitrogens with one attached hydrogen (secondary N) is 1. The van der Waals surface area contributed by atoms with E-state index in [1.807, 2.05) is 61.5 Å². The molecule has 120 valence electrons. The number of hydrogen-bond donors (Lipinski definition) is 1. The van der Waals surface area contributed by atoms with Gasteiger partial charge in [0.1, 0.15) is 0 Å². The first-order chi connectivity index (χ1) is 11.6. The maximum atomic E-state index is 12.5.